The number of aryl methyl sites for hydroxylation is 1. The van der Waals surface area contributed by atoms with Crippen LogP contribution >= 0.6 is 11.6 Å². The third-order valence-corrected chi connectivity index (χ3v) is 5.03. The smallest absolute Gasteiger partial charge is 0.226 e. The maximum atomic E-state index is 12.6. The maximum Gasteiger partial charge on any atom is 0.226 e. The lowest BCUT2D eigenvalue weighted by Crippen LogP contribution is -2.47. The molecule has 1 aromatic carbocycles. The number of benzene rings is 1. The van der Waals surface area contributed by atoms with Gasteiger partial charge in [-0.15, -0.1) is 10.2 Å². The van der Waals surface area contributed by atoms with E-state index in [2.05, 4.69) is 31.7 Å². The first-order valence-corrected chi connectivity index (χ1v) is 8.75. The summed E-state index contributed by atoms with van der Waals surface area (Å²) < 4.78 is 0. The van der Waals surface area contributed by atoms with Crippen molar-refractivity contribution in [3.63, 3.8) is 0 Å². The highest BCUT2D eigenvalue weighted by atomic mass is 35.5. The first-order valence-electron chi connectivity index (χ1n) is 8.37. The van der Waals surface area contributed by atoms with Gasteiger partial charge in [-0.2, -0.15) is 10.1 Å². The Morgan fingerprint density at radius 1 is 1.42 bits per heavy atom. The van der Waals surface area contributed by atoms with Gasteiger partial charge in [0.15, 0.2) is 5.82 Å². The van der Waals surface area contributed by atoms with Crippen LogP contribution in [-0.4, -0.2) is 39.2 Å². The molecule has 1 aliphatic rings. The van der Waals surface area contributed by atoms with Crippen molar-refractivity contribution in [1.29, 1.82) is 5.26 Å². The summed E-state index contributed by atoms with van der Waals surface area (Å²) in [5.74, 6) is 0.475. The van der Waals surface area contributed by atoms with E-state index in [1.807, 2.05) is 13.0 Å². The molecule has 2 heterocycles. The number of aromatic nitrogens is 4. The Bertz CT molecular complexity index is 849. The number of hydrogen-bond donors (Lipinski definition) is 1. The summed E-state index contributed by atoms with van der Waals surface area (Å²) in [7, 11) is 1.68. The summed E-state index contributed by atoms with van der Waals surface area (Å²) in [6, 6.07) is 7.51. The van der Waals surface area contributed by atoms with Crippen LogP contribution in [0.2, 0.25) is 5.02 Å². The maximum absolute atomic E-state index is 12.6. The minimum Gasteiger partial charge on any atom is -0.370 e. The number of carbonyl (C=O) groups excluding carboxylic acids is 1. The molecule has 0 saturated carbocycles. The molecule has 0 radical (unpaired) electrons. The van der Waals surface area contributed by atoms with E-state index in [4.69, 9.17) is 11.6 Å². The van der Waals surface area contributed by atoms with Crippen LogP contribution in [0.25, 0.3) is 0 Å². The van der Waals surface area contributed by atoms with Crippen molar-refractivity contribution in [2.75, 3.05) is 18.0 Å². The van der Waals surface area contributed by atoms with E-state index in [1.54, 1.807) is 19.2 Å². The molecule has 0 spiro atoms. The van der Waals surface area contributed by atoms with Gasteiger partial charge in [-0.25, -0.2) is 0 Å². The van der Waals surface area contributed by atoms with Crippen molar-refractivity contribution >= 4 is 23.2 Å². The summed E-state index contributed by atoms with van der Waals surface area (Å²) in [4.78, 5) is 16.1. The van der Waals surface area contributed by atoms with E-state index in [0.717, 1.165) is 5.69 Å². The van der Waals surface area contributed by atoms with Gasteiger partial charge < -0.3 is 10.2 Å². The number of nitrogens with zero attached hydrogens (tertiary/aromatic N) is 6. The SMILES string of the molecule is Cn1nnc(CNC(=O)C2(C)CCN(c3ccc(Cl)cc3C#N)CC2)n1. The third-order valence-electron chi connectivity index (χ3n) is 4.79. The highest BCUT2D eigenvalue weighted by Gasteiger charge is 2.37. The number of anilines is 1. The Balaban J connectivity index is 1.61. The number of nitriles is 1. The van der Waals surface area contributed by atoms with Crippen LogP contribution in [0, 0.1) is 16.7 Å². The Hall–Kier alpha value is -2.66. The van der Waals surface area contributed by atoms with Crippen LogP contribution in [-0.2, 0) is 18.4 Å². The molecule has 1 fully saturated rings. The van der Waals surface area contributed by atoms with Crippen molar-refractivity contribution in [3.05, 3.63) is 34.6 Å². The van der Waals surface area contributed by atoms with Crippen molar-refractivity contribution in [2.24, 2.45) is 12.5 Å². The van der Waals surface area contributed by atoms with Gasteiger partial charge in [-0.3, -0.25) is 4.79 Å². The lowest BCUT2D eigenvalue weighted by molar-refractivity contribution is -0.131. The lowest BCUT2D eigenvalue weighted by atomic mass is 9.79. The molecule has 26 heavy (non-hydrogen) atoms. The summed E-state index contributed by atoms with van der Waals surface area (Å²) in [5.41, 5.74) is 0.959. The number of halogens is 1. The van der Waals surface area contributed by atoms with Gasteiger partial charge >= 0.3 is 0 Å². The number of piperidine rings is 1. The van der Waals surface area contributed by atoms with Gasteiger partial charge in [-0.05, 0) is 36.3 Å². The van der Waals surface area contributed by atoms with Crippen molar-refractivity contribution < 1.29 is 4.79 Å². The summed E-state index contributed by atoms with van der Waals surface area (Å²) >= 11 is 5.97. The number of tetrazole rings is 1. The Labute approximate surface area is 156 Å². The van der Waals surface area contributed by atoms with Crippen molar-refractivity contribution in [1.82, 2.24) is 25.5 Å². The van der Waals surface area contributed by atoms with Gasteiger partial charge in [-0.1, -0.05) is 18.5 Å². The Morgan fingerprint density at radius 2 is 2.15 bits per heavy atom. The average molecular weight is 374 g/mol. The Kier molecular flexibility index (Phi) is 5.09. The first kappa shape index (κ1) is 18.1. The number of hydrogen-bond acceptors (Lipinski definition) is 6. The zero-order chi connectivity index (χ0) is 18.7. The number of rotatable bonds is 4. The van der Waals surface area contributed by atoms with Crippen LogP contribution in [0.15, 0.2) is 18.2 Å². The Morgan fingerprint density at radius 3 is 2.77 bits per heavy atom. The molecule has 1 aliphatic heterocycles. The van der Waals surface area contributed by atoms with Crippen LogP contribution in [0.5, 0.6) is 0 Å². The monoisotopic (exact) mass is 373 g/mol. The molecule has 0 aliphatic carbocycles. The molecule has 1 N–H and O–H groups in total. The van der Waals surface area contributed by atoms with Crippen LogP contribution in [0.1, 0.15) is 31.2 Å². The first-order chi connectivity index (χ1) is 12.4. The second kappa shape index (κ2) is 7.30. The van der Waals surface area contributed by atoms with Crippen molar-refractivity contribution in [3.8, 4) is 6.07 Å². The molecule has 9 heteroatoms. The molecule has 0 atom stereocenters. The fraction of sp³-hybridized carbons (Fsp3) is 0.471. The molecule has 0 bridgehead atoms. The zero-order valence-electron chi connectivity index (χ0n) is 14.7. The minimum absolute atomic E-state index is 0.0128. The molecule has 2 aromatic rings. The fourth-order valence-electron chi connectivity index (χ4n) is 3.11. The quantitative estimate of drug-likeness (QED) is 0.874. The van der Waals surface area contributed by atoms with E-state index in [-0.39, 0.29) is 12.5 Å². The second-order valence-corrected chi connectivity index (χ2v) is 7.14. The van der Waals surface area contributed by atoms with Crippen LogP contribution < -0.4 is 10.2 Å². The molecule has 0 unspecified atom stereocenters. The lowest BCUT2D eigenvalue weighted by Gasteiger charge is -2.39. The van der Waals surface area contributed by atoms with E-state index in [0.29, 0.717) is 42.3 Å². The van der Waals surface area contributed by atoms with Gasteiger partial charge in [0, 0.05) is 23.5 Å². The van der Waals surface area contributed by atoms with Gasteiger partial charge in [0.2, 0.25) is 5.91 Å². The molecular formula is C17H20ClN7O. The summed E-state index contributed by atoms with van der Waals surface area (Å²) in [6.07, 6.45) is 1.39. The zero-order valence-corrected chi connectivity index (χ0v) is 15.5. The predicted molar refractivity (Wildman–Crippen MR) is 96.4 cm³/mol. The predicted octanol–water partition coefficient (Wildman–Crippen LogP) is 1.66. The fourth-order valence-corrected chi connectivity index (χ4v) is 3.28. The van der Waals surface area contributed by atoms with Crippen LogP contribution in [0.3, 0.4) is 0 Å². The molecular weight excluding hydrogens is 354 g/mol. The largest absolute Gasteiger partial charge is 0.370 e. The van der Waals surface area contributed by atoms with Crippen molar-refractivity contribution in [2.45, 2.75) is 26.3 Å². The summed E-state index contributed by atoms with van der Waals surface area (Å²) in [5, 5.41) is 24.5. The second-order valence-electron chi connectivity index (χ2n) is 6.70. The molecule has 1 saturated heterocycles. The van der Waals surface area contributed by atoms with E-state index < -0.39 is 5.41 Å². The topological polar surface area (TPSA) is 99.7 Å². The molecule has 136 valence electrons. The standard InChI is InChI=1S/C17H20ClN7O/c1-17(16(26)20-11-15-21-23-24(2)22-15)5-7-25(8-6-17)14-4-3-13(18)9-12(14)10-19/h3-4,9H,5-8,11H2,1-2H3,(H,20,26). The van der Waals surface area contributed by atoms with Gasteiger partial charge in [0.05, 0.1) is 24.8 Å². The molecule has 3 rings (SSSR count). The molecule has 1 aromatic heterocycles. The van der Waals surface area contributed by atoms with Gasteiger partial charge in [0.1, 0.15) is 6.07 Å². The molecule has 1 amide bonds. The average Bonchev–Trinajstić information content (AvgIpc) is 3.05. The number of carbonyl (C=O) groups is 1. The highest BCUT2D eigenvalue weighted by molar-refractivity contribution is 6.30. The summed E-state index contributed by atoms with van der Waals surface area (Å²) in [6.45, 7) is 3.63. The van der Waals surface area contributed by atoms with Gasteiger partial charge in [0.25, 0.3) is 0 Å². The van der Waals surface area contributed by atoms with Crippen LogP contribution in [0.4, 0.5) is 5.69 Å². The van der Waals surface area contributed by atoms with E-state index in [1.165, 1.54) is 4.80 Å². The minimum atomic E-state index is -0.460. The number of amides is 1. The normalized spacial score (nSPS) is 16.2. The molecule has 8 nitrogen and oxygen atoms in total. The number of nitrogens with one attached hydrogen (secondary N) is 1. The van der Waals surface area contributed by atoms with E-state index in [9.17, 15) is 10.1 Å². The highest BCUT2D eigenvalue weighted by Crippen LogP contribution is 2.35. The third kappa shape index (κ3) is 3.78. The van der Waals surface area contributed by atoms with E-state index >= 15 is 0 Å².